The highest BCUT2D eigenvalue weighted by molar-refractivity contribution is 6.42. The van der Waals surface area contributed by atoms with Crippen LogP contribution in [0.25, 0.3) is 11.3 Å². The van der Waals surface area contributed by atoms with Crippen molar-refractivity contribution >= 4 is 41.2 Å². The predicted octanol–water partition coefficient (Wildman–Crippen LogP) is 4.39. The van der Waals surface area contributed by atoms with Crippen molar-refractivity contribution in [2.24, 2.45) is 28.8 Å². The number of furan rings is 1. The largest absolute Gasteiger partial charge is 0.455 e. The van der Waals surface area contributed by atoms with Gasteiger partial charge < -0.3 is 4.42 Å². The number of amides is 2. The molecule has 0 radical (unpaired) electrons. The standard InChI is InChI=1S/C20H14Cl2N2O3/c21-14-5-3-10(8-15(14)22)16-6-4-13(27-16)9-23-24-19(25)17-11-1-2-12(7-11)18(17)20(24)26/h1-6,8-9,11-12,17-18H,7H2/b23-9-/t11-,12-,17+,18+/m0/s1. The molecule has 4 atom stereocenters. The number of benzene rings is 1. The van der Waals surface area contributed by atoms with Crippen molar-refractivity contribution in [3.8, 4) is 11.3 Å². The number of allylic oxidation sites excluding steroid dienone is 2. The molecule has 3 aliphatic rings. The van der Waals surface area contributed by atoms with E-state index in [0.717, 1.165) is 17.0 Å². The molecule has 1 saturated heterocycles. The average molecular weight is 401 g/mol. The number of carbonyl (C=O) groups excluding carboxylic acids is 2. The Labute approximate surface area is 165 Å². The van der Waals surface area contributed by atoms with Crippen LogP contribution < -0.4 is 0 Å². The minimum absolute atomic E-state index is 0.168. The molecular formula is C20H14Cl2N2O3. The predicted molar refractivity (Wildman–Crippen MR) is 101 cm³/mol. The summed E-state index contributed by atoms with van der Waals surface area (Å²) in [4.78, 5) is 25.2. The number of hydrazone groups is 1. The van der Waals surface area contributed by atoms with Gasteiger partial charge in [0, 0.05) is 5.56 Å². The first-order chi connectivity index (χ1) is 13.0. The summed E-state index contributed by atoms with van der Waals surface area (Å²) in [7, 11) is 0. The van der Waals surface area contributed by atoms with Gasteiger partial charge in [0.1, 0.15) is 11.5 Å². The fraction of sp³-hybridized carbons (Fsp3) is 0.250. The van der Waals surface area contributed by atoms with E-state index in [1.807, 2.05) is 0 Å². The molecule has 1 aliphatic heterocycles. The van der Waals surface area contributed by atoms with E-state index in [1.54, 1.807) is 30.3 Å². The van der Waals surface area contributed by atoms with Gasteiger partial charge in [0.05, 0.1) is 28.1 Å². The molecule has 1 aromatic heterocycles. The molecule has 1 aromatic carbocycles. The molecule has 1 saturated carbocycles. The number of halogens is 2. The van der Waals surface area contributed by atoms with Crippen LogP contribution in [0.3, 0.4) is 0 Å². The van der Waals surface area contributed by atoms with Crippen molar-refractivity contribution in [1.29, 1.82) is 0 Å². The minimum atomic E-state index is -0.256. The summed E-state index contributed by atoms with van der Waals surface area (Å²) in [6.45, 7) is 0. The Morgan fingerprint density at radius 1 is 1.00 bits per heavy atom. The first kappa shape index (κ1) is 16.8. The maximum Gasteiger partial charge on any atom is 0.254 e. The van der Waals surface area contributed by atoms with Crippen LogP contribution in [0.4, 0.5) is 0 Å². The molecule has 2 aliphatic carbocycles. The van der Waals surface area contributed by atoms with Crippen LogP contribution in [0.2, 0.25) is 10.0 Å². The lowest BCUT2D eigenvalue weighted by Gasteiger charge is -2.13. The average Bonchev–Trinajstić information content (AvgIpc) is 3.41. The van der Waals surface area contributed by atoms with Crippen molar-refractivity contribution < 1.29 is 14.0 Å². The van der Waals surface area contributed by atoms with E-state index in [1.165, 1.54) is 6.21 Å². The summed E-state index contributed by atoms with van der Waals surface area (Å²) in [5.74, 6) is 0.427. The van der Waals surface area contributed by atoms with Crippen molar-refractivity contribution in [3.63, 3.8) is 0 Å². The molecule has 27 heavy (non-hydrogen) atoms. The van der Waals surface area contributed by atoms with E-state index in [0.29, 0.717) is 21.6 Å². The van der Waals surface area contributed by atoms with Crippen molar-refractivity contribution in [3.05, 3.63) is 58.3 Å². The summed E-state index contributed by atoms with van der Waals surface area (Å²) in [6.07, 6.45) is 6.41. The summed E-state index contributed by atoms with van der Waals surface area (Å²) in [5, 5.41) is 6.02. The Hall–Kier alpha value is -2.37. The molecule has 2 heterocycles. The van der Waals surface area contributed by atoms with Gasteiger partial charge in [-0.05, 0) is 48.6 Å². The second kappa shape index (κ2) is 6.08. The molecule has 2 aromatic rings. The van der Waals surface area contributed by atoms with Gasteiger partial charge in [-0.15, -0.1) is 0 Å². The molecule has 7 heteroatoms. The molecule has 0 unspecified atom stereocenters. The number of imide groups is 1. The third kappa shape index (κ3) is 2.57. The zero-order chi connectivity index (χ0) is 18.7. The Morgan fingerprint density at radius 2 is 1.70 bits per heavy atom. The number of rotatable bonds is 3. The summed E-state index contributed by atoms with van der Waals surface area (Å²) < 4.78 is 5.73. The van der Waals surface area contributed by atoms with E-state index < -0.39 is 0 Å². The molecule has 5 nitrogen and oxygen atoms in total. The normalized spacial score (nSPS) is 28.7. The molecule has 136 valence electrons. The highest BCUT2D eigenvalue weighted by atomic mass is 35.5. The molecule has 2 bridgehead atoms. The Bertz CT molecular complexity index is 996. The van der Waals surface area contributed by atoms with Gasteiger partial charge >= 0.3 is 0 Å². The SMILES string of the molecule is O=C1[C@H]2[C@H](C(=O)N1/N=C\c1ccc(-c3ccc(Cl)c(Cl)c3)o1)[C@H]1C=C[C@H]2C1. The lowest BCUT2D eigenvalue weighted by Crippen LogP contribution is -2.28. The van der Waals surface area contributed by atoms with Crippen LogP contribution in [-0.4, -0.2) is 23.0 Å². The summed E-state index contributed by atoms with van der Waals surface area (Å²) in [6, 6.07) is 8.69. The van der Waals surface area contributed by atoms with Gasteiger partial charge in [-0.25, -0.2) is 0 Å². The monoisotopic (exact) mass is 400 g/mol. The lowest BCUT2D eigenvalue weighted by atomic mass is 9.85. The van der Waals surface area contributed by atoms with Gasteiger partial charge in [0.2, 0.25) is 0 Å². The number of fused-ring (bicyclic) bond motifs is 5. The Morgan fingerprint density at radius 3 is 2.37 bits per heavy atom. The van der Waals surface area contributed by atoms with E-state index in [2.05, 4.69) is 17.3 Å². The molecule has 2 amide bonds. The zero-order valence-corrected chi connectivity index (χ0v) is 15.5. The van der Waals surface area contributed by atoms with Crippen molar-refractivity contribution in [2.45, 2.75) is 6.42 Å². The lowest BCUT2D eigenvalue weighted by molar-refractivity contribution is -0.140. The maximum atomic E-state index is 12.6. The quantitative estimate of drug-likeness (QED) is 0.435. The van der Waals surface area contributed by atoms with E-state index in [9.17, 15) is 9.59 Å². The van der Waals surface area contributed by atoms with Crippen LogP contribution in [-0.2, 0) is 9.59 Å². The number of nitrogens with zero attached hydrogens (tertiary/aromatic N) is 2. The van der Waals surface area contributed by atoms with Crippen molar-refractivity contribution in [2.75, 3.05) is 0 Å². The summed E-state index contributed by atoms with van der Waals surface area (Å²) >= 11 is 12.0. The van der Waals surface area contributed by atoms with E-state index in [-0.39, 0.29) is 35.5 Å². The topological polar surface area (TPSA) is 62.9 Å². The van der Waals surface area contributed by atoms with Gasteiger partial charge in [0.25, 0.3) is 11.8 Å². The second-order valence-electron chi connectivity index (χ2n) is 7.06. The Balaban J connectivity index is 1.36. The highest BCUT2D eigenvalue weighted by Crippen LogP contribution is 2.52. The van der Waals surface area contributed by atoms with Crippen LogP contribution in [0.1, 0.15) is 12.2 Å². The van der Waals surface area contributed by atoms with E-state index in [4.69, 9.17) is 27.6 Å². The number of hydrogen-bond donors (Lipinski definition) is 0. The zero-order valence-electron chi connectivity index (χ0n) is 14.0. The van der Waals surface area contributed by atoms with Crippen LogP contribution >= 0.6 is 23.2 Å². The fourth-order valence-electron chi connectivity index (χ4n) is 4.34. The van der Waals surface area contributed by atoms with Crippen LogP contribution in [0.15, 0.2) is 52.0 Å². The Kier molecular flexibility index (Phi) is 3.78. The molecule has 2 fully saturated rings. The molecule has 0 N–H and O–H groups in total. The van der Waals surface area contributed by atoms with Crippen molar-refractivity contribution in [1.82, 2.24) is 5.01 Å². The third-order valence-electron chi connectivity index (χ3n) is 5.58. The van der Waals surface area contributed by atoms with Crippen LogP contribution in [0, 0.1) is 23.7 Å². The minimum Gasteiger partial charge on any atom is -0.455 e. The first-order valence-electron chi connectivity index (χ1n) is 8.68. The molecule has 5 rings (SSSR count). The number of carbonyl (C=O) groups is 2. The highest BCUT2D eigenvalue weighted by Gasteiger charge is 2.59. The van der Waals surface area contributed by atoms with Gasteiger partial charge in [-0.2, -0.15) is 10.1 Å². The molecular weight excluding hydrogens is 387 g/mol. The fourth-order valence-corrected chi connectivity index (χ4v) is 4.64. The van der Waals surface area contributed by atoms with Gasteiger partial charge in [-0.1, -0.05) is 35.4 Å². The number of hydrogen-bond acceptors (Lipinski definition) is 4. The second-order valence-corrected chi connectivity index (χ2v) is 7.88. The van der Waals surface area contributed by atoms with Crippen LogP contribution in [0.5, 0.6) is 0 Å². The maximum absolute atomic E-state index is 12.6. The van der Waals surface area contributed by atoms with Gasteiger partial charge in [0.15, 0.2) is 0 Å². The van der Waals surface area contributed by atoms with Gasteiger partial charge in [-0.3, -0.25) is 9.59 Å². The summed E-state index contributed by atoms with van der Waals surface area (Å²) in [5.41, 5.74) is 0.773. The molecule has 0 spiro atoms. The third-order valence-corrected chi connectivity index (χ3v) is 6.32. The van der Waals surface area contributed by atoms with E-state index >= 15 is 0 Å². The smallest absolute Gasteiger partial charge is 0.254 e. The first-order valence-corrected chi connectivity index (χ1v) is 9.44.